The predicted molar refractivity (Wildman–Crippen MR) is 76.4 cm³/mol. The Hall–Kier alpha value is -0.680. The monoisotopic (exact) mass is 272 g/mol. The van der Waals surface area contributed by atoms with Crippen molar-refractivity contribution in [2.75, 3.05) is 19.7 Å². The molecule has 18 heavy (non-hydrogen) atoms. The molecule has 1 aliphatic rings. The molecule has 5 heteroatoms. The number of rotatable bonds is 6. The summed E-state index contributed by atoms with van der Waals surface area (Å²) in [6, 6.07) is 0. The van der Waals surface area contributed by atoms with Crippen LogP contribution in [0.4, 0.5) is 0 Å². The highest BCUT2D eigenvalue weighted by atomic mass is 32.1. The van der Waals surface area contributed by atoms with Crippen molar-refractivity contribution in [3.05, 3.63) is 0 Å². The van der Waals surface area contributed by atoms with Crippen LogP contribution in [-0.4, -0.2) is 41.1 Å². The Bertz CT molecular complexity index is 312. The maximum Gasteiger partial charge on any atom is 0.254 e. The van der Waals surface area contributed by atoms with Crippen LogP contribution in [0, 0.1) is 5.92 Å². The molecule has 1 aliphatic heterocycles. The molecule has 0 bridgehead atoms. The third-order valence-corrected chi connectivity index (χ3v) is 3.38. The summed E-state index contributed by atoms with van der Waals surface area (Å²) in [4.78, 5) is 14.8. The highest BCUT2D eigenvalue weighted by molar-refractivity contribution is 7.80. The lowest BCUT2D eigenvalue weighted by Gasteiger charge is -2.32. The van der Waals surface area contributed by atoms with Gasteiger partial charge in [-0.1, -0.05) is 26.1 Å². The molecule has 0 aromatic heterocycles. The van der Waals surface area contributed by atoms with Crippen molar-refractivity contribution in [2.24, 2.45) is 11.7 Å². The summed E-state index contributed by atoms with van der Waals surface area (Å²) in [5.41, 5.74) is 4.87. The Kier molecular flexibility index (Phi) is 5.53. The van der Waals surface area contributed by atoms with Crippen LogP contribution in [0.1, 0.15) is 40.0 Å². The topological polar surface area (TPSA) is 55.6 Å². The molecule has 0 aliphatic carbocycles. The number of carbonyl (C=O) groups excluding carboxylic acids is 1. The van der Waals surface area contributed by atoms with Crippen LogP contribution in [0.5, 0.6) is 0 Å². The smallest absolute Gasteiger partial charge is 0.254 e. The van der Waals surface area contributed by atoms with Gasteiger partial charge in [-0.2, -0.15) is 0 Å². The highest BCUT2D eigenvalue weighted by Crippen LogP contribution is 2.27. The minimum Gasteiger partial charge on any atom is -0.393 e. The van der Waals surface area contributed by atoms with Crippen molar-refractivity contribution in [1.82, 2.24) is 4.90 Å². The van der Waals surface area contributed by atoms with Crippen LogP contribution in [-0.2, 0) is 9.53 Å². The summed E-state index contributed by atoms with van der Waals surface area (Å²) in [5.74, 6) is 0.496. The Morgan fingerprint density at radius 2 is 2.22 bits per heavy atom. The van der Waals surface area contributed by atoms with Gasteiger partial charge in [-0.25, -0.2) is 0 Å². The van der Waals surface area contributed by atoms with E-state index in [1.165, 1.54) is 0 Å². The molecule has 2 N–H and O–H groups in total. The molecule has 4 nitrogen and oxygen atoms in total. The lowest BCUT2D eigenvalue weighted by atomic mass is 10.00. The van der Waals surface area contributed by atoms with Crippen molar-refractivity contribution >= 4 is 23.1 Å². The zero-order valence-corrected chi connectivity index (χ0v) is 12.4. The average Bonchev–Trinajstić information content (AvgIpc) is 2.71. The van der Waals surface area contributed by atoms with Crippen LogP contribution < -0.4 is 5.73 Å². The summed E-state index contributed by atoms with van der Waals surface area (Å²) in [5, 5.41) is 0. The van der Waals surface area contributed by atoms with Gasteiger partial charge in [0.05, 0.1) is 4.99 Å². The highest BCUT2D eigenvalue weighted by Gasteiger charge is 2.40. The second-order valence-electron chi connectivity index (χ2n) is 5.54. The van der Waals surface area contributed by atoms with E-state index in [1.807, 2.05) is 11.8 Å². The Morgan fingerprint density at radius 1 is 1.56 bits per heavy atom. The number of nitrogens with zero attached hydrogens (tertiary/aromatic N) is 1. The van der Waals surface area contributed by atoms with Gasteiger partial charge in [0.1, 0.15) is 5.60 Å². The first kappa shape index (κ1) is 15.4. The number of thiocarbonyl (C=S) groups is 1. The molecule has 0 radical (unpaired) electrons. The molecular weight excluding hydrogens is 248 g/mol. The first-order chi connectivity index (χ1) is 8.35. The second-order valence-corrected chi connectivity index (χ2v) is 6.07. The molecule has 1 atom stereocenters. The molecule has 1 saturated heterocycles. The van der Waals surface area contributed by atoms with Crippen LogP contribution in [0.25, 0.3) is 0 Å². The molecule has 0 saturated carbocycles. The fourth-order valence-corrected chi connectivity index (χ4v) is 2.34. The van der Waals surface area contributed by atoms with E-state index in [0.717, 1.165) is 19.4 Å². The largest absolute Gasteiger partial charge is 0.393 e. The third-order valence-electron chi connectivity index (χ3n) is 3.17. The zero-order valence-electron chi connectivity index (χ0n) is 11.6. The van der Waals surface area contributed by atoms with E-state index < -0.39 is 5.60 Å². The number of hydrogen-bond donors (Lipinski definition) is 1. The van der Waals surface area contributed by atoms with Gasteiger partial charge in [0.25, 0.3) is 5.91 Å². The van der Waals surface area contributed by atoms with Gasteiger partial charge < -0.3 is 15.4 Å². The van der Waals surface area contributed by atoms with E-state index in [9.17, 15) is 4.79 Å². The van der Waals surface area contributed by atoms with E-state index in [2.05, 4.69) is 13.8 Å². The third kappa shape index (κ3) is 4.21. The molecule has 1 unspecified atom stereocenters. The van der Waals surface area contributed by atoms with Crippen LogP contribution in [0.3, 0.4) is 0 Å². The molecule has 104 valence electrons. The molecule has 0 aromatic rings. The zero-order chi connectivity index (χ0) is 13.8. The van der Waals surface area contributed by atoms with Gasteiger partial charge in [-0.05, 0) is 25.7 Å². The molecule has 1 fully saturated rings. The van der Waals surface area contributed by atoms with Crippen LogP contribution >= 0.6 is 12.2 Å². The fraction of sp³-hybridized carbons (Fsp3) is 0.846. The van der Waals surface area contributed by atoms with Gasteiger partial charge in [-0.3, -0.25) is 4.79 Å². The lowest BCUT2D eigenvalue weighted by Crippen LogP contribution is -2.48. The van der Waals surface area contributed by atoms with E-state index in [4.69, 9.17) is 22.7 Å². The number of ether oxygens (including phenoxy) is 1. The number of amides is 1. The van der Waals surface area contributed by atoms with Gasteiger partial charge in [0, 0.05) is 26.1 Å². The maximum absolute atomic E-state index is 12.5. The second kappa shape index (κ2) is 6.48. The molecule has 0 spiro atoms. The van der Waals surface area contributed by atoms with Crippen molar-refractivity contribution in [2.45, 2.75) is 45.6 Å². The predicted octanol–water partition coefficient (Wildman–Crippen LogP) is 1.72. The SMILES string of the molecule is CC(C)CN(CCC(N)=S)C(=O)C1(C)CCCO1. The molecule has 0 aromatic carbocycles. The van der Waals surface area contributed by atoms with Crippen molar-refractivity contribution in [3.63, 3.8) is 0 Å². The van der Waals surface area contributed by atoms with E-state index in [-0.39, 0.29) is 5.91 Å². The Balaban J connectivity index is 2.68. The maximum atomic E-state index is 12.5. The van der Waals surface area contributed by atoms with Gasteiger partial charge in [-0.15, -0.1) is 0 Å². The number of carbonyl (C=O) groups is 1. The van der Waals surface area contributed by atoms with Crippen LogP contribution in [0.15, 0.2) is 0 Å². The summed E-state index contributed by atoms with van der Waals surface area (Å²) in [6.45, 7) is 8.06. The van der Waals surface area contributed by atoms with Crippen molar-refractivity contribution < 1.29 is 9.53 Å². The first-order valence-corrected chi connectivity index (χ1v) is 6.97. The standard InChI is InChI=1S/C13H24N2O2S/c1-10(2)9-15(7-5-11(14)18)12(16)13(3)6-4-8-17-13/h10H,4-9H2,1-3H3,(H2,14,18). The minimum absolute atomic E-state index is 0.0740. The molecule has 1 amide bonds. The fourth-order valence-electron chi connectivity index (χ4n) is 2.24. The molecule has 1 heterocycles. The van der Waals surface area contributed by atoms with Crippen LogP contribution in [0.2, 0.25) is 0 Å². The number of hydrogen-bond acceptors (Lipinski definition) is 3. The van der Waals surface area contributed by atoms with Crippen molar-refractivity contribution in [3.8, 4) is 0 Å². The summed E-state index contributed by atoms with van der Waals surface area (Å²) in [6.07, 6.45) is 2.32. The summed E-state index contributed by atoms with van der Waals surface area (Å²) >= 11 is 4.89. The Labute approximate surface area is 115 Å². The van der Waals surface area contributed by atoms with E-state index in [0.29, 0.717) is 30.5 Å². The van der Waals surface area contributed by atoms with Gasteiger partial charge in [0.15, 0.2) is 0 Å². The normalized spacial score (nSPS) is 23.3. The van der Waals surface area contributed by atoms with Crippen molar-refractivity contribution in [1.29, 1.82) is 0 Å². The first-order valence-electron chi connectivity index (χ1n) is 6.57. The average molecular weight is 272 g/mol. The summed E-state index contributed by atoms with van der Waals surface area (Å²) < 4.78 is 5.62. The lowest BCUT2D eigenvalue weighted by molar-refractivity contribution is -0.151. The quantitative estimate of drug-likeness (QED) is 0.748. The minimum atomic E-state index is -0.648. The summed E-state index contributed by atoms with van der Waals surface area (Å²) in [7, 11) is 0. The van der Waals surface area contributed by atoms with E-state index in [1.54, 1.807) is 0 Å². The Morgan fingerprint density at radius 3 is 2.67 bits per heavy atom. The van der Waals surface area contributed by atoms with Gasteiger partial charge in [0.2, 0.25) is 0 Å². The number of nitrogens with two attached hydrogens (primary N) is 1. The molecule has 1 rings (SSSR count). The molecular formula is C13H24N2O2S. The van der Waals surface area contributed by atoms with Gasteiger partial charge >= 0.3 is 0 Å². The van der Waals surface area contributed by atoms with E-state index >= 15 is 0 Å².